The molecule has 162 valence electrons. The summed E-state index contributed by atoms with van der Waals surface area (Å²) in [7, 11) is 4.11. The molecule has 9 heteroatoms. The lowest BCUT2D eigenvalue weighted by molar-refractivity contribution is 0.374. The topological polar surface area (TPSA) is 77.0 Å². The zero-order valence-corrected chi connectivity index (χ0v) is 19.7. The maximum Gasteiger partial charge on any atom is 0.263 e. The quantitative estimate of drug-likeness (QED) is 0.380. The van der Waals surface area contributed by atoms with Crippen LogP contribution < -0.4 is 5.56 Å². The normalized spacial score (nSPS) is 15.1. The molecule has 7 nitrogen and oxygen atoms in total. The number of aryl methyl sites for hydroxylation is 3. The molecular formula is C21H29N5O2S2. The molecule has 1 atom stereocenters. The maximum absolute atomic E-state index is 13.6. The van der Waals surface area contributed by atoms with Gasteiger partial charge in [-0.3, -0.25) is 9.36 Å². The second-order valence-electron chi connectivity index (χ2n) is 8.06. The molecule has 0 saturated carbocycles. The average Bonchev–Trinajstić information content (AvgIpc) is 3.34. The molecule has 1 unspecified atom stereocenters. The summed E-state index contributed by atoms with van der Waals surface area (Å²) in [5, 5.41) is 5.53. The molecule has 3 aromatic rings. The van der Waals surface area contributed by atoms with Gasteiger partial charge in [0.25, 0.3) is 5.56 Å². The van der Waals surface area contributed by atoms with E-state index in [4.69, 9.17) is 9.51 Å². The molecule has 0 N–H and O–H groups in total. The maximum atomic E-state index is 13.6. The van der Waals surface area contributed by atoms with E-state index in [-0.39, 0.29) is 10.8 Å². The van der Waals surface area contributed by atoms with Gasteiger partial charge in [0.05, 0.1) is 10.6 Å². The van der Waals surface area contributed by atoms with Gasteiger partial charge in [0.1, 0.15) is 4.83 Å². The summed E-state index contributed by atoms with van der Waals surface area (Å²) in [6, 6.07) is 0. The summed E-state index contributed by atoms with van der Waals surface area (Å²) < 4.78 is 7.29. The third-order valence-electron chi connectivity index (χ3n) is 5.46. The molecule has 0 saturated heterocycles. The molecule has 0 amide bonds. The van der Waals surface area contributed by atoms with E-state index in [2.05, 4.69) is 29.1 Å². The Morgan fingerprint density at radius 2 is 2.07 bits per heavy atom. The summed E-state index contributed by atoms with van der Waals surface area (Å²) >= 11 is 3.23. The van der Waals surface area contributed by atoms with Crippen molar-refractivity contribution in [3.8, 4) is 0 Å². The summed E-state index contributed by atoms with van der Waals surface area (Å²) in [5.41, 5.74) is 1.35. The first-order valence-corrected chi connectivity index (χ1v) is 12.4. The van der Waals surface area contributed by atoms with Crippen molar-refractivity contribution in [1.29, 1.82) is 0 Å². The average molecular weight is 448 g/mol. The Kier molecular flexibility index (Phi) is 6.60. The molecule has 0 spiro atoms. The van der Waals surface area contributed by atoms with Crippen LogP contribution in [0.25, 0.3) is 10.2 Å². The minimum absolute atomic E-state index is 0.0724. The molecule has 0 fully saturated rings. The SMILES string of the molecule is CCc1noc(C(C)Sc2nc3sc4c(c3c(=O)n2CCCN(C)C)CCCC4)n1. The standard InChI is InChI=1S/C21H29N5O2S2/c1-5-16-22-18(28-24-16)13(2)29-21-23-19-17(14-9-6-7-10-15(14)30-19)20(27)26(21)12-8-11-25(3)4/h13H,5-12H2,1-4H3. The first-order valence-electron chi connectivity index (χ1n) is 10.7. The van der Waals surface area contributed by atoms with Crippen LogP contribution in [0.2, 0.25) is 0 Å². The third-order valence-corrected chi connectivity index (χ3v) is 7.72. The number of nitrogens with zero attached hydrogens (tertiary/aromatic N) is 5. The van der Waals surface area contributed by atoms with Gasteiger partial charge in [-0.15, -0.1) is 11.3 Å². The Morgan fingerprint density at radius 3 is 2.80 bits per heavy atom. The summed E-state index contributed by atoms with van der Waals surface area (Å²) in [6.45, 7) is 5.61. The van der Waals surface area contributed by atoms with Gasteiger partial charge in [0, 0.05) is 17.8 Å². The molecule has 0 aromatic carbocycles. The molecule has 4 rings (SSSR count). The molecule has 1 aliphatic rings. The minimum Gasteiger partial charge on any atom is -0.338 e. The van der Waals surface area contributed by atoms with Crippen LogP contribution in [-0.4, -0.2) is 45.2 Å². The van der Waals surface area contributed by atoms with E-state index in [1.807, 2.05) is 18.4 Å². The molecule has 1 aliphatic carbocycles. The Hall–Kier alpha value is -1.71. The van der Waals surface area contributed by atoms with Gasteiger partial charge in [-0.05, 0) is 65.2 Å². The van der Waals surface area contributed by atoms with Crippen molar-refractivity contribution in [2.75, 3.05) is 20.6 Å². The minimum atomic E-state index is -0.0724. The summed E-state index contributed by atoms with van der Waals surface area (Å²) in [4.78, 5) is 27.4. The van der Waals surface area contributed by atoms with Crippen LogP contribution in [0.15, 0.2) is 14.5 Å². The van der Waals surface area contributed by atoms with Crippen LogP contribution in [0.3, 0.4) is 0 Å². The van der Waals surface area contributed by atoms with Crippen LogP contribution >= 0.6 is 23.1 Å². The van der Waals surface area contributed by atoms with Crippen LogP contribution in [0, 0.1) is 0 Å². The van der Waals surface area contributed by atoms with Gasteiger partial charge in [0.15, 0.2) is 11.0 Å². The summed E-state index contributed by atoms with van der Waals surface area (Å²) in [6.07, 6.45) is 6.05. The highest BCUT2D eigenvalue weighted by atomic mass is 32.2. The van der Waals surface area contributed by atoms with E-state index in [0.717, 1.165) is 54.0 Å². The highest BCUT2D eigenvalue weighted by molar-refractivity contribution is 7.99. The van der Waals surface area contributed by atoms with Crippen LogP contribution in [0.1, 0.15) is 60.5 Å². The lowest BCUT2D eigenvalue weighted by Gasteiger charge is -2.16. The lowest BCUT2D eigenvalue weighted by Crippen LogP contribution is -2.26. The van der Waals surface area contributed by atoms with E-state index in [1.165, 1.54) is 28.6 Å². The van der Waals surface area contributed by atoms with Crippen molar-refractivity contribution in [2.45, 2.75) is 69.3 Å². The van der Waals surface area contributed by atoms with E-state index >= 15 is 0 Å². The van der Waals surface area contributed by atoms with Crippen molar-refractivity contribution in [3.05, 3.63) is 32.5 Å². The molecule has 3 aromatic heterocycles. The van der Waals surface area contributed by atoms with Gasteiger partial charge in [-0.25, -0.2) is 4.98 Å². The van der Waals surface area contributed by atoms with Crippen LogP contribution in [0.5, 0.6) is 0 Å². The number of rotatable bonds is 8. The highest BCUT2D eigenvalue weighted by Crippen LogP contribution is 2.37. The van der Waals surface area contributed by atoms with Gasteiger partial charge >= 0.3 is 0 Å². The Morgan fingerprint density at radius 1 is 1.27 bits per heavy atom. The van der Waals surface area contributed by atoms with E-state index in [1.54, 1.807) is 11.3 Å². The molecule has 0 radical (unpaired) electrons. The van der Waals surface area contributed by atoms with Gasteiger partial charge < -0.3 is 9.42 Å². The first kappa shape index (κ1) is 21.5. The van der Waals surface area contributed by atoms with E-state index < -0.39 is 0 Å². The number of aromatic nitrogens is 4. The number of fused-ring (bicyclic) bond motifs is 3. The van der Waals surface area contributed by atoms with Crippen molar-refractivity contribution in [1.82, 2.24) is 24.6 Å². The molecule has 3 heterocycles. The smallest absolute Gasteiger partial charge is 0.263 e. The third kappa shape index (κ3) is 4.33. The van der Waals surface area contributed by atoms with Crippen molar-refractivity contribution in [2.24, 2.45) is 0 Å². The van der Waals surface area contributed by atoms with Crippen molar-refractivity contribution < 1.29 is 4.52 Å². The zero-order valence-electron chi connectivity index (χ0n) is 18.1. The van der Waals surface area contributed by atoms with E-state index in [9.17, 15) is 4.79 Å². The van der Waals surface area contributed by atoms with Crippen LogP contribution in [0.4, 0.5) is 0 Å². The fraction of sp³-hybridized carbons (Fsp3) is 0.619. The second kappa shape index (κ2) is 9.20. The number of hydrogen-bond donors (Lipinski definition) is 0. The highest BCUT2D eigenvalue weighted by Gasteiger charge is 2.24. The Bertz CT molecular complexity index is 1090. The molecule has 0 aliphatic heterocycles. The van der Waals surface area contributed by atoms with Crippen molar-refractivity contribution >= 4 is 33.3 Å². The fourth-order valence-electron chi connectivity index (χ4n) is 3.84. The second-order valence-corrected chi connectivity index (χ2v) is 10.5. The lowest BCUT2D eigenvalue weighted by atomic mass is 9.97. The monoisotopic (exact) mass is 447 g/mol. The van der Waals surface area contributed by atoms with Crippen LogP contribution in [-0.2, 0) is 25.8 Å². The first-order chi connectivity index (χ1) is 14.5. The largest absolute Gasteiger partial charge is 0.338 e. The fourth-order valence-corrected chi connectivity index (χ4v) is 6.10. The zero-order chi connectivity index (χ0) is 21.3. The van der Waals surface area contributed by atoms with Gasteiger partial charge in [0.2, 0.25) is 5.89 Å². The summed E-state index contributed by atoms with van der Waals surface area (Å²) in [5.74, 6) is 1.28. The number of thioether (sulfide) groups is 1. The Balaban J connectivity index is 1.72. The predicted molar refractivity (Wildman–Crippen MR) is 122 cm³/mol. The predicted octanol–water partition coefficient (Wildman–Crippen LogP) is 4.09. The number of thiophene rings is 1. The molecule has 30 heavy (non-hydrogen) atoms. The van der Waals surface area contributed by atoms with Gasteiger partial charge in [-0.1, -0.05) is 23.8 Å². The number of hydrogen-bond acceptors (Lipinski definition) is 8. The molecule has 0 bridgehead atoms. The molecular weight excluding hydrogens is 418 g/mol. The Labute approximate surface area is 184 Å². The van der Waals surface area contributed by atoms with Crippen molar-refractivity contribution in [3.63, 3.8) is 0 Å². The van der Waals surface area contributed by atoms with Gasteiger partial charge in [-0.2, -0.15) is 4.98 Å². The van der Waals surface area contributed by atoms with E-state index in [0.29, 0.717) is 18.3 Å².